The molecular formula is C28H28N8O3. The highest BCUT2D eigenvalue weighted by atomic mass is 16.5. The van der Waals surface area contributed by atoms with Crippen LogP contribution in [0.2, 0.25) is 0 Å². The van der Waals surface area contributed by atoms with Gasteiger partial charge in [0.1, 0.15) is 5.82 Å². The van der Waals surface area contributed by atoms with Gasteiger partial charge in [-0.2, -0.15) is 15.1 Å². The monoisotopic (exact) mass is 524 g/mol. The first-order valence-electron chi connectivity index (χ1n) is 13.0. The summed E-state index contributed by atoms with van der Waals surface area (Å²) in [4.78, 5) is 34.1. The van der Waals surface area contributed by atoms with Crippen molar-refractivity contribution >= 4 is 23.0 Å². The van der Waals surface area contributed by atoms with E-state index in [1.54, 1.807) is 30.2 Å². The van der Waals surface area contributed by atoms with Crippen molar-refractivity contribution in [3.63, 3.8) is 0 Å². The summed E-state index contributed by atoms with van der Waals surface area (Å²) in [6.45, 7) is 7.28. The predicted octanol–water partition coefficient (Wildman–Crippen LogP) is 3.77. The molecule has 0 atom stereocenters. The van der Waals surface area contributed by atoms with Crippen molar-refractivity contribution < 1.29 is 14.3 Å². The number of fused-ring (bicyclic) bond motifs is 1. The van der Waals surface area contributed by atoms with Crippen molar-refractivity contribution in [2.45, 2.75) is 20.4 Å². The molecule has 0 N–H and O–H groups in total. The Balaban J connectivity index is 1.57. The second kappa shape index (κ2) is 10.6. The third-order valence-corrected chi connectivity index (χ3v) is 6.60. The fourth-order valence-electron chi connectivity index (χ4n) is 4.75. The van der Waals surface area contributed by atoms with Gasteiger partial charge in [0, 0.05) is 49.4 Å². The SMILES string of the molecule is CCOC(=O)c1nn(-c2nc(N3CCOCC3)c3nc(-c4ccncc4)n(CC)c3n2)cc1-c1ccccc1. The molecule has 0 spiro atoms. The number of imidazole rings is 1. The second-order valence-corrected chi connectivity index (χ2v) is 8.96. The van der Waals surface area contributed by atoms with Crippen molar-refractivity contribution in [2.75, 3.05) is 37.8 Å². The van der Waals surface area contributed by atoms with E-state index < -0.39 is 5.97 Å². The van der Waals surface area contributed by atoms with Gasteiger partial charge in [-0.05, 0) is 31.5 Å². The van der Waals surface area contributed by atoms with Gasteiger partial charge < -0.3 is 18.9 Å². The lowest BCUT2D eigenvalue weighted by molar-refractivity contribution is 0.0520. The Kier molecular flexibility index (Phi) is 6.72. The summed E-state index contributed by atoms with van der Waals surface area (Å²) in [5.41, 5.74) is 4.03. The Morgan fingerprint density at radius 1 is 0.974 bits per heavy atom. The predicted molar refractivity (Wildman–Crippen MR) is 146 cm³/mol. The molecule has 1 aliphatic rings. The molecule has 39 heavy (non-hydrogen) atoms. The zero-order chi connectivity index (χ0) is 26.8. The van der Waals surface area contributed by atoms with Gasteiger partial charge in [-0.25, -0.2) is 14.5 Å². The number of rotatable bonds is 7. The minimum atomic E-state index is -0.497. The number of pyridine rings is 1. The van der Waals surface area contributed by atoms with E-state index >= 15 is 0 Å². The molecule has 0 aliphatic carbocycles. The van der Waals surface area contributed by atoms with Crippen LogP contribution in [0.4, 0.5) is 5.82 Å². The number of hydrogen-bond donors (Lipinski definition) is 0. The van der Waals surface area contributed by atoms with Gasteiger partial charge in [0.2, 0.25) is 0 Å². The third-order valence-electron chi connectivity index (χ3n) is 6.60. The van der Waals surface area contributed by atoms with E-state index in [1.165, 1.54) is 0 Å². The second-order valence-electron chi connectivity index (χ2n) is 8.96. The fourth-order valence-corrected chi connectivity index (χ4v) is 4.75. The molecule has 0 radical (unpaired) electrons. The van der Waals surface area contributed by atoms with Gasteiger partial charge in [-0.15, -0.1) is 0 Å². The van der Waals surface area contributed by atoms with Crippen molar-refractivity contribution in [1.29, 1.82) is 0 Å². The smallest absolute Gasteiger partial charge is 0.359 e. The summed E-state index contributed by atoms with van der Waals surface area (Å²) in [6, 6.07) is 13.5. The summed E-state index contributed by atoms with van der Waals surface area (Å²) >= 11 is 0. The number of hydrogen-bond acceptors (Lipinski definition) is 9. The average molecular weight is 525 g/mol. The summed E-state index contributed by atoms with van der Waals surface area (Å²) in [5, 5.41) is 4.62. The molecule has 5 aromatic rings. The van der Waals surface area contributed by atoms with Crippen LogP contribution < -0.4 is 4.90 Å². The Bertz CT molecular complexity index is 1610. The largest absolute Gasteiger partial charge is 0.461 e. The number of aromatic nitrogens is 7. The number of morpholine rings is 1. The molecule has 0 bridgehead atoms. The van der Waals surface area contributed by atoms with E-state index in [0.717, 1.165) is 17.0 Å². The molecule has 1 saturated heterocycles. The molecule has 1 aromatic carbocycles. The number of benzene rings is 1. The molecule has 198 valence electrons. The van der Waals surface area contributed by atoms with E-state index in [1.807, 2.05) is 42.5 Å². The summed E-state index contributed by atoms with van der Waals surface area (Å²) in [6.07, 6.45) is 5.28. The average Bonchev–Trinajstić information content (AvgIpc) is 3.61. The Morgan fingerprint density at radius 3 is 2.46 bits per heavy atom. The highest BCUT2D eigenvalue weighted by molar-refractivity contribution is 5.95. The molecule has 0 saturated carbocycles. The van der Waals surface area contributed by atoms with Crippen molar-refractivity contribution in [3.05, 3.63) is 66.7 Å². The minimum Gasteiger partial charge on any atom is -0.461 e. The molecule has 4 aromatic heterocycles. The number of esters is 1. The van der Waals surface area contributed by atoms with E-state index in [9.17, 15) is 4.79 Å². The van der Waals surface area contributed by atoms with Crippen LogP contribution in [0.1, 0.15) is 24.3 Å². The molecule has 1 aliphatic heterocycles. The van der Waals surface area contributed by atoms with E-state index in [2.05, 4.69) is 26.5 Å². The molecule has 11 heteroatoms. The zero-order valence-corrected chi connectivity index (χ0v) is 21.8. The van der Waals surface area contributed by atoms with Crippen LogP contribution >= 0.6 is 0 Å². The van der Waals surface area contributed by atoms with E-state index in [0.29, 0.717) is 61.3 Å². The highest BCUT2D eigenvalue weighted by Crippen LogP contribution is 2.31. The summed E-state index contributed by atoms with van der Waals surface area (Å²) in [7, 11) is 0. The molecule has 5 heterocycles. The van der Waals surface area contributed by atoms with Gasteiger partial charge in [-0.1, -0.05) is 30.3 Å². The lowest BCUT2D eigenvalue weighted by Crippen LogP contribution is -2.37. The summed E-state index contributed by atoms with van der Waals surface area (Å²) < 4.78 is 14.5. The fraction of sp³-hybridized carbons (Fsp3) is 0.286. The molecular weight excluding hydrogens is 496 g/mol. The third kappa shape index (κ3) is 4.61. The lowest BCUT2D eigenvalue weighted by Gasteiger charge is -2.28. The molecule has 0 unspecified atom stereocenters. The van der Waals surface area contributed by atoms with Crippen molar-refractivity contribution in [1.82, 2.24) is 34.3 Å². The Morgan fingerprint density at radius 2 is 1.74 bits per heavy atom. The first-order valence-corrected chi connectivity index (χ1v) is 13.0. The molecule has 0 amide bonds. The molecule has 1 fully saturated rings. The Labute approximate surface area is 225 Å². The topological polar surface area (TPSA) is 113 Å². The van der Waals surface area contributed by atoms with Gasteiger partial charge >= 0.3 is 5.97 Å². The number of anilines is 1. The maximum atomic E-state index is 12.9. The van der Waals surface area contributed by atoms with Crippen LogP contribution in [0.15, 0.2) is 61.1 Å². The van der Waals surface area contributed by atoms with Gasteiger partial charge in [0.25, 0.3) is 5.95 Å². The van der Waals surface area contributed by atoms with Gasteiger partial charge in [0.15, 0.2) is 22.7 Å². The number of aryl methyl sites for hydroxylation is 1. The van der Waals surface area contributed by atoms with Crippen LogP contribution in [0.3, 0.4) is 0 Å². The maximum absolute atomic E-state index is 12.9. The van der Waals surface area contributed by atoms with Crippen LogP contribution in [-0.4, -0.2) is 73.2 Å². The first-order chi connectivity index (χ1) is 19.2. The zero-order valence-electron chi connectivity index (χ0n) is 21.8. The number of carbonyl (C=O) groups is 1. The normalized spacial score (nSPS) is 13.6. The summed E-state index contributed by atoms with van der Waals surface area (Å²) in [5.74, 6) is 1.33. The minimum absolute atomic E-state index is 0.209. The quantitative estimate of drug-likeness (QED) is 0.294. The van der Waals surface area contributed by atoms with Crippen LogP contribution in [0, 0.1) is 0 Å². The number of carbonyl (C=O) groups excluding carboxylic acids is 1. The van der Waals surface area contributed by atoms with E-state index in [-0.39, 0.29) is 12.3 Å². The van der Waals surface area contributed by atoms with E-state index in [4.69, 9.17) is 24.4 Å². The Hall–Kier alpha value is -4.64. The molecule has 11 nitrogen and oxygen atoms in total. The van der Waals surface area contributed by atoms with Crippen LogP contribution in [0.5, 0.6) is 0 Å². The molecule has 6 rings (SSSR count). The van der Waals surface area contributed by atoms with Crippen LogP contribution in [-0.2, 0) is 16.0 Å². The van der Waals surface area contributed by atoms with Gasteiger partial charge in [0.05, 0.1) is 19.8 Å². The maximum Gasteiger partial charge on any atom is 0.359 e. The van der Waals surface area contributed by atoms with Crippen molar-refractivity contribution in [3.8, 4) is 28.5 Å². The first kappa shape index (κ1) is 24.7. The standard InChI is InChI=1S/C28H28N8O3/c1-3-35-24(20-10-12-29-13-11-20)30-23-25(34-14-16-38-17-15-34)31-28(32-26(23)35)36-18-21(19-8-6-5-7-9-19)22(33-36)27(37)39-4-2/h5-13,18H,3-4,14-17H2,1-2H3. The van der Waals surface area contributed by atoms with Crippen LogP contribution in [0.25, 0.3) is 39.6 Å². The number of ether oxygens (including phenoxy) is 2. The lowest BCUT2D eigenvalue weighted by atomic mass is 10.1. The number of nitrogens with zero attached hydrogens (tertiary/aromatic N) is 8. The highest BCUT2D eigenvalue weighted by Gasteiger charge is 2.26. The van der Waals surface area contributed by atoms with Crippen molar-refractivity contribution in [2.24, 2.45) is 0 Å². The van der Waals surface area contributed by atoms with Gasteiger partial charge in [-0.3, -0.25) is 4.98 Å².